The number of aromatic nitrogens is 1. The average Bonchev–Trinajstić information content (AvgIpc) is 3.05. The highest BCUT2D eigenvalue weighted by molar-refractivity contribution is 5.54. The largest absolute Gasteiger partial charge is 0.400 e. The Morgan fingerprint density at radius 1 is 1.09 bits per heavy atom. The summed E-state index contributed by atoms with van der Waals surface area (Å²) < 4.78 is 77.4. The van der Waals surface area contributed by atoms with E-state index < -0.39 is 12.7 Å². The van der Waals surface area contributed by atoms with Gasteiger partial charge in [-0.1, -0.05) is 24.3 Å². The van der Waals surface area contributed by atoms with E-state index in [1.165, 1.54) is 30.5 Å². The van der Waals surface area contributed by atoms with Crippen molar-refractivity contribution in [3.8, 4) is 0 Å². The second-order valence-electron chi connectivity index (χ2n) is 9.56. The Kier molecular flexibility index (Phi) is 18.6. The predicted octanol–water partition coefficient (Wildman–Crippen LogP) is 4.35. The van der Waals surface area contributed by atoms with Crippen molar-refractivity contribution < 1.29 is 46.1 Å². The van der Waals surface area contributed by atoms with E-state index in [1.54, 1.807) is 37.5 Å². The molecule has 0 spiro atoms. The molecule has 0 amide bonds. The number of alkyl halides is 3. The summed E-state index contributed by atoms with van der Waals surface area (Å²) in [4.78, 5) is 14.6. The van der Waals surface area contributed by atoms with E-state index in [9.17, 15) is 31.1 Å². The number of nitrogens with zero attached hydrogens (tertiary/aromatic N) is 1. The highest BCUT2D eigenvalue weighted by atomic mass is 19.4. The standard InChI is InChI=1S/C15H12F2O.C13H20FN3O2.C2H4F3N.CH4O/c16-13-6-4-11(5-7-13)15(8-9-18)12-2-1-3-14(17)10-12;1-15-13-6-16-5-12(14)11(13)3-2-10-4-17-9(7-18)8-19-10;3-2(4,5)1-6;1-2/h1-7,9-10,15H,8H2;5-6,9-10,15,17-18H,2-4,7-8H2,1H3;1,6H2;2H,1H3/t15-;9-,10-;;/m11../s1. The van der Waals surface area contributed by atoms with E-state index in [0.29, 0.717) is 30.7 Å². The molecular weight excluding hydrogens is 606 g/mol. The summed E-state index contributed by atoms with van der Waals surface area (Å²) in [5, 5.41) is 22.1. The van der Waals surface area contributed by atoms with Crippen LogP contribution in [0.4, 0.5) is 32.0 Å². The summed E-state index contributed by atoms with van der Waals surface area (Å²) >= 11 is 0. The molecule has 2 aromatic carbocycles. The molecule has 14 heteroatoms. The maximum absolute atomic E-state index is 13.7. The molecular formula is C31H40F6N4O4. The molecule has 1 aromatic heterocycles. The summed E-state index contributed by atoms with van der Waals surface area (Å²) in [5.74, 6) is -1.20. The lowest BCUT2D eigenvalue weighted by Gasteiger charge is -2.29. The van der Waals surface area contributed by atoms with Gasteiger partial charge in [0, 0.05) is 38.6 Å². The number of hydrogen-bond acceptors (Lipinski definition) is 8. The van der Waals surface area contributed by atoms with Crippen molar-refractivity contribution in [3.63, 3.8) is 0 Å². The third-order valence-electron chi connectivity index (χ3n) is 6.47. The number of morpholine rings is 1. The van der Waals surface area contributed by atoms with Gasteiger partial charge in [-0.15, -0.1) is 0 Å². The molecule has 0 radical (unpaired) electrons. The van der Waals surface area contributed by atoms with Gasteiger partial charge in [-0.2, -0.15) is 13.2 Å². The minimum absolute atomic E-state index is 0.0155. The Morgan fingerprint density at radius 3 is 2.27 bits per heavy atom. The lowest BCUT2D eigenvalue weighted by molar-refractivity contribution is -0.118. The summed E-state index contributed by atoms with van der Waals surface area (Å²) in [6, 6.07) is 12.1. The molecule has 0 saturated carbocycles. The van der Waals surface area contributed by atoms with Crippen LogP contribution in [0.3, 0.4) is 0 Å². The quantitative estimate of drug-likeness (QED) is 0.172. The molecule has 1 fully saturated rings. The molecule has 0 aliphatic carbocycles. The summed E-state index contributed by atoms with van der Waals surface area (Å²) in [6.45, 7) is 0.0360. The number of benzene rings is 2. The first-order valence-electron chi connectivity index (χ1n) is 13.9. The number of aliphatic hydroxyl groups is 2. The Balaban J connectivity index is 0.000000365. The first-order chi connectivity index (χ1) is 21.5. The second kappa shape index (κ2) is 21.2. The van der Waals surface area contributed by atoms with Crippen molar-refractivity contribution >= 4 is 12.0 Å². The fourth-order valence-electron chi connectivity index (χ4n) is 4.19. The van der Waals surface area contributed by atoms with E-state index in [1.807, 2.05) is 0 Å². The van der Waals surface area contributed by atoms with Crippen LogP contribution in [0.5, 0.6) is 0 Å². The third kappa shape index (κ3) is 14.8. The van der Waals surface area contributed by atoms with Crippen LogP contribution < -0.4 is 16.4 Å². The zero-order valence-corrected chi connectivity index (χ0v) is 25.0. The second-order valence-corrected chi connectivity index (χ2v) is 9.56. The predicted molar refractivity (Wildman–Crippen MR) is 159 cm³/mol. The van der Waals surface area contributed by atoms with Crippen LogP contribution in [0.15, 0.2) is 60.9 Å². The fourth-order valence-corrected chi connectivity index (χ4v) is 4.19. The summed E-state index contributed by atoms with van der Waals surface area (Å²) in [5.41, 5.74) is 7.06. The van der Waals surface area contributed by atoms with Crippen LogP contribution in [0.1, 0.15) is 35.4 Å². The molecule has 45 heavy (non-hydrogen) atoms. The smallest absolute Gasteiger partial charge is 0.400 e. The van der Waals surface area contributed by atoms with E-state index in [0.717, 1.165) is 31.1 Å². The van der Waals surface area contributed by atoms with Crippen LogP contribution in [-0.4, -0.2) is 80.3 Å². The average molecular weight is 647 g/mol. The van der Waals surface area contributed by atoms with Gasteiger partial charge in [-0.25, -0.2) is 13.2 Å². The summed E-state index contributed by atoms with van der Waals surface area (Å²) in [6.07, 6.45) is 1.10. The van der Waals surface area contributed by atoms with E-state index in [4.69, 9.17) is 14.9 Å². The molecule has 3 atom stereocenters. The topological polar surface area (TPSA) is 130 Å². The molecule has 250 valence electrons. The zero-order chi connectivity index (χ0) is 33.8. The number of halogens is 6. The van der Waals surface area contributed by atoms with Crippen molar-refractivity contribution in [2.45, 2.75) is 43.5 Å². The highest BCUT2D eigenvalue weighted by Gasteiger charge is 2.23. The molecule has 0 unspecified atom stereocenters. The minimum atomic E-state index is -4.18. The van der Waals surface area contributed by atoms with E-state index >= 15 is 0 Å². The molecule has 1 aliphatic rings. The molecule has 0 bridgehead atoms. The van der Waals surface area contributed by atoms with Gasteiger partial charge >= 0.3 is 6.18 Å². The number of rotatable bonds is 9. The molecule has 1 aliphatic heterocycles. The van der Waals surface area contributed by atoms with Crippen molar-refractivity contribution in [2.75, 3.05) is 45.8 Å². The van der Waals surface area contributed by atoms with Gasteiger partial charge in [0.1, 0.15) is 23.7 Å². The fraction of sp³-hybridized carbons (Fsp3) is 0.419. The van der Waals surface area contributed by atoms with Crippen LogP contribution in [-0.2, 0) is 16.0 Å². The van der Waals surface area contributed by atoms with Gasteiger partial charge in [0.2, 0.25) is 0 Å². The monoisotopic (exact) mass is 646 g/mol. The van der Waals surface area contributed by atoms with Gasteiger partial charge in [-0.05, 0) is 48.2 Å². The number of carbonyl (C=O) groups excluding carboxylic acids is 1. The molecule has 4 rings (SSSR count). The summed E-state index contributed by atoms with van der Waals surface area (Å²) in [7, 11) is 2.75. The van der Waals surface area contributed by atoms with Gasteiger partial charge in [-0.3, -0.25) is 4.98 Å². The lowest BCUT2D eigenvalue weighted by atomic mass is 9.89. The zero-order valence-electron chi connectivity index (χ0n) is 25.0. The number of nitrogens with one attached hydrogen (secondary N) is 2. The van der Waals surface area contributed by atoms with Gasteiger partial charge in [0.05, 0.1) is 50.0 Å². The number of carbonyl (C=O) groups is 1. The Morgan fingerprint density at radius 2 is 1.76 bits per heavy atom. The minimum Gasteiger partial charge on any atom is -0.400 e. The highest BCUT2D eigenvalue weighted by Crippen LogP contribution is 2.28. The van der Waals surface area contributed by atoms with Crippen molar-refractivity contribution in [1.82, 2.24) is 10.3 Å². The molecule has 2 heterocycles. The number of hydrogen-bond donors (Lipinski definition) is 5. The number of aldehydes is 1. The van der Waals surface area contributed by atoms with E-state index in [2.05, 4.69) is 21.4 Å². The van der Waals surface area contributed by atoms with Crippen molar-refractivity contribution in [1.29, 1.82) is 0 Å². The van der Waals surface area contributed by atoms with Gasteiger partial charge in [0.15, 0.2) is 0 Å². The maximum Gasteiger partial charge on any atom is 0.400 e. The maximum atomic E-state index is 13.7. The van der Waals surface area contributed by atoms with Crippen LogP contribution >= 0.6 is 0 Å². The number of anilines is 1. The van der Waals surface area contributed by atoms with Crippen LogP contribution in [0, 0.1) is 17.5 Å². The Labute approximate surface area is 258 Å². The van der Waals surface area contributed by atoms with E-state index in [-0.39, 0.29) is 48.5 Å². The molecule has 1 saturated heterocycles. The lowest BCUT2D eigenvalue weighted by Crippen LogP contribution is -2.48. The first-order valence-corrected chi connectivity index (χ1v) is 13.9. The van der Waals surface area contributed by atoms with Crippen LogP contribution in [0.25, 0.3) is 0 Å². The number of nitrogens with two attached hydrogens (primary N) is 1. The number of ether oxygens (including phenoxy) is 1. The Hall–Kier alpha value is -3.56. The normalized spacial score (nSPS) is 16.4. The van der Waals surface area contributed by atoms with Crippen molar-refractivity contribution in [3.05, 3.63) is 95.1 Å². The number of aliphatic hydroxyl groups excluding tert-OH is 2. The number of pyridine rings is 1. The molecule has 8 nitrogen and oxygen atoms in total. The first kappa shape index (κ1) is 39.5. The SMILES string of the molecule is CNc1cncc(F)c1CC[C@@H]1CN[C@H](CO)CO1.CO.NCC(F)(F)F.O=CC[C@H](c1ccc(F)cc1)c1cccc(F)c1. The Bertz CT molecular complexity index is 1240. The van der Waals surface area contributed by atoms with Crippen LogP contribution in [0.2, 0.25) is 0 Å². The molecule has 6 N–H and O–H groups in total. The third-order valence-corrected chi connectivity index (χ3v) is 6.47. The van der Waals surface area contributed by atoms with Gasteiger partial charge in [0.25, 0.3) is 0 Å². The molecule has 3 aromatic rings. The van der Waals surface area contributed by atoms with Gasteiger partial charge < -0.3 is 36.1 Å². The van der Waals surface area contributed by atoms with Crippen molar-refractivity contribution in [2.24, 2.45) is 5.73 Å².